The summed E-state index contributed by atoms with van der Waals surface area (Å²) in [4.78, 5) is 0. The topological polar surface area (TPSA) is 12.0 Å². The quantitative estimate of drug-likeness (QED) is 0.883. The van der Waals surface area contributed by atoms with Gasteiger partial charge in [-0.1, -0.05) is 12.1 Å². The normalized spacial score (nSPS) is 12.5. The largest absolute Gasteiger partial charge is 0.309 e. The molecule has 0 heterocycles. The van der Waals surface area contributed by atoms with Crippen molar-refractivity contribution in [1.29, 1.82) is 0 Å². The maximum absolute atomic E-state index is 13.4. The van der Waals surface area contributed by atoms with Gasteiger partial charge >= 0.3 is 0 Å². The van der Waals surface area contributed by atoms with Crippen LogP contribution in [0.4, 0.5) is 8.78 Å². The molecule has 1 unspecified atom stereocenters. The Labute approximate surface area is 112 Å². The number of hydrogen-bond donors (Lipinski definition) is 1. The van der Waals surface area contributed by atoms with E-state index < -0.39 is 0 Å². The first-order valence-corrected chi connectivity index (χ1v) is 6.22. The molecule has 2 aromatic rings. The Bertz CT molecular complexity index is 553. The molecule has 0 saturated heterocycles. The van der Waals surface area contributed by atoms with Crippen molar-refractivity contribution in [2.24, 2.45) is 0 Å². The van der Waals surface area contributed by atoms with Gasteiger partial charge in [-0.2, -0.15) is 0 Å². The van der Waals surface area contributed by atoms with Gasteiger partial charge in [0.25, 0.3) is 0 Å². The lowest BCUT2D eigenvalue weighted by molar-refractivity contribution is 0.615. The molecule has 100 valence electrons. The number of hydrogen-bond acceptors (Lipinski definition) is 1. The molecule has 0 amide bonds. The minimum absolute atomic E-state index is 0.0683. The van der Waals surface area contributed by atoms with E-state index in [2.05, 4.69) is 5.32 Å². The summed E-state index contributed by atoms with van der Waals surface area (Å²) >= 11 is 0. The van der Waals surface area contributed by atoms with Crippen LogP contribution in [0.3, 0.4) is 0 Å². The maximum atomic E-state index is 13.4. The third kappa shape index (κ3) is 2.82. The van der Waals surface area contributed by atoms with Gasteiger partial charge in [-0.25, -0.2) is 8.78 Å². The van der Waals surface area contributed by atoms with Crippen LogP contribution >= 0.6 is 0 Å². The van der Waals surface area contributed by atoms with Crippen LogP contribution in [-0.2, 0) is 0 Å². The molecule has 2 rings (SSSR count). The number of rotatable bonds is 3. The van der Waals surface area contributed by atoms with Gasteiger partial charge in [0.15, 0.2) is 0 Å². The molecule has 0 spiro atoms. The molecule has 1 N–H and O–H groups in total. The Morgan fingerprint density at radius 1 is 0.895 bits per heavy atom. The van der Waals surface area contributed by atoms with Crippen molar-refractivity contribution in [2.75, 3.05) is 7.05 Å². The standard InChI is InChI=1S/C16H17F2N/c1-10-8-14(18)9-11(2)15(10)16(19-3)12-4-6-13(17)7-5-12/h4-9,16,19H,1-3H3. The van der Waals surface area contributed by atoms with Crippen LogP contribution in [0.5, 0.6) is 0 Å². The lowest BCUT2D eigenvalue weighted by Crippen LogP contribution is -2.20. The second-order valence-electron chi connectivity index (χ2n) is 4.73. The summed E-state index contributed by atoms with van der Waals surface area (Å²) in [5.41, 5.74) is 3.78. The fraction of sp³-hybridized carbons (Fsp3) is 0.250. The summed E-state index contributed by atoms with van der Waals surface area (Å²) in [6.45, 7) is 3.78. The van der Waals surface area contributed by atoms with Gasteiger partial charge in [0.05, 0.1) is 6.04 Å². The van der Waals surface area contributed by atoms with Crippen molar-refractivity contribution in [3.63, 3.8) is 0 Å². The van der Waals surface area contributed by atoms with E-state index in [0.717, 1.165) is 22.3 Å². The minimum Gasteiger partial charge on any atom is -0.309 e. The molecule has 19 heavy (non-hydrogen) atoms. The molecule has 0 saturated carbocycles. The maximum Gasteiger partial charge on any atom is 0.123 e. The Hall–Kier alpha value is -1.74. The molecule has 3 heteroatoms. The van der Waals surface area contributed by atoms with Crippen molar-refractivity contribution in [2.45, 2.75) is 19.9 Å². The Balaban J connectivity index is 2.51. The van der Waals surface area contributed by atoms with E-state index in [1.807, 2.05) is 20.9 Å². The van der Waals surface area contributed by atoms with E-state index in [-0.39, 0.29) is 17.7 Å². The number of benzene rings is 2. The zero-order valence-corrected chi connectivity index (χ0v) is 11.3. The SMILES string of the molecule is CNC(c1ccc(F)cc1)c1c(C)cc(F)cc1C. The highest BCUT2D eigenvalue weighted by Gasteiger charge is 2.17. The molecule has 0 fully saturated rings. The lowest BCUT2D eigenvalue weighted by atomic mass is 9.91. The third-order valence-electron chi connectivity index (χ3n) is 3.34. The summed E-state index contributed by atoms with van der Waals surface area (Å²) < 4.78 is 26.4. The third-order valence-corrected chi connectivity index (χ3v) is 3.34. The number of halogens is 2. The molecule has 0 bridgehead atoms. The number of aryl methyl sites for hydroxylation is 2. The summed E-state index contributed by atoms with van der Waals surface area (Å²) in [6, 6.07) is 9.35. The first kappa shape index (κ1) is 13.7. The van der Waals surface area contributed by atoms with Crippen LogP contribution in [0.1, 0.15) is 28.3 Å². The van der Waals surface area contributed by atoms with Crippen molar-refractivity contribution in [3.05, 3.63) is 70.3 Å². The summed E-state index contributed by atoms with van der Waals surface area (Å²) in [7, 11) is 1.84. The molecule has 1 nitrogen and oxygen atoms in total. The molecule has 1 atom stereocenters. The number of nitrogens with one attached hydrogen (secondary N) is 1. The van der Waals surface area contributed by atoms with Crippen LogP contribution in [0.15, 0.2) is 36.4 Å². The smallest absolute Gasteiger partial charge is 0.123 e. The van der Waals surface area contributed by atoms with Gasteiger partial charge < -0.3 is 5.32 Å². The summed E-state index contributed by atoms with van der Waals surface area (Å²) in [5.74, 6) is -0.487. The lowest BCUT2D eigenvalue weighted by Gasteiger charge is -2.22. The van der Waals surface area contributed by atoms with Crippen LogP contribution < -0.4 is 5.32 Å². The van der Waals surface area contributed by atoms with Gasteiger partial charge in [0, 0.05) is 0 Å². The summed E-state index contributed by atoms with van der Waals surface area (Å²) in [6.07, 6.45) is 0. The molecule has 0 aliphatic carbocycles. The molecular formula is C16H17F2N. The van der Waals surface area contributed by atoms with Crippen molar-refractivity contribution in [1.82, 2.24) is 5.32 Å². The van der Waals surface area contributed by atoms with Crippen molar-refractivity contribution >= 4 is 0 Å². The van der Waals surface area contributed by atoms with Crippen LogP contribution in [0.25, 0.3) is 0 Å². The fourth-order valence-electron chi connectivity index (χ4n) is 2.51. The molecule has 0 aliphatic rings. The average molecular weight is 261 g/mol. The second-order valence-corrected chi connectivity index (χ2v) is 4.73. The minimum atomic E-state index is -0.258. The fourth-order valence-corrected chi connectivity index (χ4v) is 2.51. The van der Waals surface area contributed by atoms with Gasteiger partial charge in [-0.05, 0) is 67.4 Å². The van der Waals surface area contributed by atoms with Crippen LogP contribution in [-0.4, -0.2) is 7.05 Å². The van der Waals surface area contributed by atoms with Gasteiger partial charge in [-0.15, -0.1) is 0 Å². The van der Waals surface area contributed by atoms with E-state index in [0.29, 0.717) is 0 Å². The molecular weight excluding hydrogens is 244 g/mol. The molecule has 0 aliphatic heterocycles. The predicted molar refractivity (Wildman–Crippen MR) is 73.2 cm³/mol. The molecule has 2 aromatic carbocycles. The van der Waals surface area contributed by atoms with E-state index in [1.165, 1.54) is 24.3 Å². The van der Waals surface area contributed by atoms with Gasteiger partial charge in [-0.3, -0.25) is 0 Å². The van der Waals surface area contributed by atoms with Gasteiger partial charge in [0.2, 0.25) is 0 Å². The van der Waals surface area contributed by atoms with E-state index >= 15 is 0 Å². The first-order chi connectivity index (χ1) is 9.02. The molecule has 0 aromatic heterocycles. The first-order valence-electron chi connectivity index (χ1n) is 6.22. The zero-order valence-electron chi connectivity index (χ0n) is 11.3. The Morgan fingerprint density at radius 3 is 1.89 bits per heavy atom. The van der Waals surface area contributed by atoms with E-state index in [9.17, 15) is 8.78 Å². The highest BCUT2D eigenvalue weighted by Crippen LogP contribution is 2.28. The monoisotopic (exact) mass is 261 g/mol. The molecule has 0 radical (unpaired) electrons. The Morgan fingerprint density at radius 2 is 1.42 bits per heavy atom. The van der Waals surface area contributed by atoms with Crippen molar-refractivity contribution < 1.29 is 8.78 Å². The Kier molecular flexibility index (Phi) is 3.96. The zero-order chi connectivity index (χ0) is 14.0. The van der Waals surface area contributed by atoms with E-state index in [4.69, 9.17) is 0 Å². The highest BCUT2D eigenvalue weighted by molar-refractivity contribution is 5.42. The summed E-state index contributed by atoms with van der Waals surface area (Å²) in [5, 5.41) is 3.21. The van der Waals surface area contributed by atoms with Gasteiger partial charge in [0.1, 0.15) is 11.6 Å². The van der Waals surface area contributed by atoms with E-state index in [1.54, 1.807) is 12.1 Å². The highest BCUT2D eigenvalue weighted by atomic mass is 19.1. The van der Waals surface area contributed by atoms with Crippen molar-refractivity contribution in [3.8, 4) is 0 Å². The van der Waals surface area contributed by atoms with Crippen LogP contribution in [0, 0.1) is 25.5 Å². The van der Waals surface area contributed by atoms with Crippen LogP contribution in [0.2, 0.25) is 0 Å². The second kappa shape index (κ2) is 5.49. The average Bonchev–Trinajstić information content (AvgIpc) is 2.35. The predicted octanol–water partition coefficient (Wildman–Crippen LogP) is 3.89.